The second-order valence-electron chi connectivity index (χ2n) is 10.1. The number of halogens is 5. The molecule has 0 atom stereocenters. The van der Waals surface area contributed by atoms with Gasteiger partial charge in [0, 0.05) is 37.9 Å². The fraction of sp³-hybridized carbons (Fsp3) is 0.138. The first-order valence-corrected chi connectivity index (χ1v) is 24.3. The Balaban J connectivity index is 0.000000726. The van der Waals surface area contributed by atoms with Crippen molar-refractivity contribution in [1.82, 2.24) is 78.7 Å². The van der Waals surface area contributed by atoms with Gasteiger partial charge in [0.1, 0.15) is 38.8 Å². The Bertz CT molecular complexity index is 2530. The zero-order valence-corrected chi connectivity index (χ0v) is 41.7. The maximum absolute atomic E-state index is 10.7. The molecule has 0 fully saturated rings. The van der Waals surface area contributed by atoms with Crippen LogP contribution in [0, 0.1) is 30.9 Å². The van der Waals surface area contributed by atoms with Crippen LogP contribution in [0.15, 0.2) is 66.7 Å². The predicted molar refractivity (Wildman–Crippen MR) is 229 cm³/mol. The summed E-state index contributed by atoms with van der Waals surface area (Å²) in [5.74, 6) is 7.42. The number of carboxylic acid groups (broad SMARTS) is 2. The number of carbonyl (C=O) groups is 2. The average Bonchev–Trinajstić information content (AvgIpc) is 3.91. The molecule has 27 nitrogen and oxygen atoms in total. The van der Waals surface area contributed by atoms with Gasteiger partial charge in [-0.05, 0) is 51.1 Å². The normalized spacial score (nSPS) is 9.24. The Hall–Kier alpha value is -5.24. The Kier molecular flexibility index (Phi) is 28.9. The number of nitrogens with one attached hydrogen (secondary N) is 1. The van der Waals surface area contributed by atoms with Crippen LogP contribution in [0.5, 0.6) is 0 Å². The number of hydrazine groups is 1. The van der Waals surface area contributed by atoms with E-state index >= 15 is 0 Å². The number of fused-ring (bicyclic) bond motifs is 3. The van der Waals surface area contributed by atoms with Gasteiger partial charge in [0.15, 0.2) is 5.69 Å². The summed E-state index contributed by atoms with van der Waals surface area (Å²) >= 11 is 15.9. The van der Waals surface area contributed by atoms with Crippen LogP contribution in [-0.4, -0.2) is 120 Å². The molecule has 63 heavy (non-hydrogen) atoms. The van der Waals surface area contributed by atoms with Crippen molar-refractivity contribution in [3.05, 3.63) is 110 Å². The number of hydrogen-bond acceptors (Lipinski definition) is 22. The number of rotatable bonds is 2. The molecule has 0 spiro atoms. The minimum atomic E-state index is -1.04. The first-order chi connectivity index (χ1) is 29.4. The molecule has 8 aromatic rings. The van der Waals surface area contributed by atoms with Gasteiger partial charge in [-0.25, -0.2) is 45.5 Å². The Morgan fingerprint density at radius 3 is 1.49 bits per heavy atom. The van der Waals surface area contributed by atoms with E-state index in [1.807, 2.05) is 0 Å². The minimum absolute atomic E-state index is 0. The quantitative estimate of drug-likeness (QED) is 0.0456. The van der Waals surface area contributed by atoms with Crippen molar-refractivity contribution >= 4 is 119 Å². The van der Waals surface area contributed by atoms with Crippen LogP contribution in [0.1, 0.15) is 34.9 Å². The van der Waals surface area contributed by atoms with Crippen molar-refractivity contribution in [2.24, 2.45) is 11.2 Å². The van der Waals surface area contributed by atoms with Crippen molar-refractivity contribution in [3.8, 4) is 0 Å². The van der Waals surface area contributed by atoms with E-state index in [4.69, 9.17) is 95.1 Å². The molecule has 0 saturated carbocycles. The Morgan fingerprint density at radius 2 is 1.10 bits per heavy atom. The molecule has 328 valence electrons. The maximum atomic E-state index is 10.7. The summed E-state index contributed by atoms with van der Waals surface area (Å²) in [7, 11) is 9.87. The number of carboxylic acids is 2. The molecule has 8 heterocycles. The minimum Gasteiger partial charge on any atom is 1.00 e. The van der Waals surface area contributed by atoms with E-state index in [9.17, 15) is 4.79 Å². The van der Waals surface area contributed by atoms with E-state index in [0.717, 1.165) is 12.3 Å². The molecule has 0 aliphatic carbocycles. The van der Waals surface area contributed by atoms with E-state index in [1.165, 1.54) is 38.2 Å². The SMILES string of the molecule is CC(=O)O.Cc1nc2nccc(C(=O)O)n2n1.Cc1nc2nccc(Cl)n2n1.Cc1nc2nccc(N)n2n1.NNc1nccc(Cl)n1.Nc1nccc(Cl)n1.O=N[O-].[Cl][Sn][Cl].[Na+]. The van der Waals surface area contributed by atoms with Crippen molar-refractivity contribution < 1.29 is 49.4 Å². The third kappa shape index (κ3) is 22.6. The van der Waals surface area contributed by atoms with Gasteiger partial charge >= 0.3 is 72.3 Å². The number of nitrogens with zero attached hydrogens (tertiary/aromatic N) is 17. The zero-order valence-electron chi connectivity index (χ0n) is 33.0. The first kappa shape index (κ1) is 57.8. The molecule has 0 aliphatic rings. The summed E-state index contributed by atoms with van der Waals surface area (Å²) in [4.78, 5) is 66.2. The van der Waals surface area contributed by atoms with Crippen LogP contribution in [0.4, 0.5) is 17.7 Å². The molecule has 0 aromatic carbocycles. The molecule has 2 radical (unpaired) electrons. The second-order valence-corrected chi connectivity index (χ2v) is 15.5. The monoisotopic (exact) mass is 1090 g/mol. The van der Waals surface area contributed by atoms with Crippen molar-refractivity contribution in [2.45, 2.75) is 27.7 Å². The summed E-state index contributed by atoms with van der Waals surface area (Å²) in [6, 6.07) is 7.87. The molecular weight excluding hydrogens is 1060 g/mol. The third-order valence-corrected chi connectivity index (χ3v) is 6.34. The second kappa shape index (κ2) is 31.6. The predicted octanol–water partition coefficient (Wildman–Crippen LogP) is 0.703. The first-order valence-electron chi connectivity index (χ1n) is 15.9. The number of nitrogens with two attached hydrogens (primary N) is 3. The standard InChI is InChI=1S/C7H6N4O2.C6H5ClN4.C6H7N5.C4H5ClN4.C4H4ClN3.C2H4O2.2ClH.HNO2.Na.Sn/c1-4-9-7-8-3-2-5(6(12)13)11(7)10-4;2*1-4-9-6-8-3-2-5(7)11(6)10-4;5-3-1-2-7-4(8-3)9-6;5-3-1-2-7-4(6)8-3;1-2(3)4;;;2-1-3;;/h2-3H,1H3,(H,12,13);2-3H,1H3;2-3H,7H2,1H3;1-2H,6H2,(H,7,8,9);1-2H,(H2,6,7,8);1H3,(H,3,4);2*1H;(H,2,3);;/q;;;;;;;;;+1;+2/p-3. The molecule has 0 saturated heterocycles. The van der Waals surface area contributed by atoms with Gasteiger partial charge in [0.2, 0.25) is 11.9 Å². The largest absolute Gasteiger partial charge is 1.00 e. The maximum Gasteiger partial charge on any atom is 1.00 e. The molecule has 8 rings (SSSR count). The van der Waals surface area contributed by atoms with E-state index < -0.39 is 30.8 Å². The third-order valence-electron chi connectivity index (χ3n) is 5.63. The fourth-order valence-electron chi connectivity index (χ4n) is 3.59. The number of nitrogen functional groups attached to an aromatic ring is 3. The van der Waals surface area contributed by atoms with Crippen LogP contribution in [-0.2, 0) is 4.79 Å². The van der Waals surface area contributed by atoms with Crippen LogP contribution in [0.25, 0.3) is 17.3 Å². The molecule has 0 unspecified atom stereocenters. The zero-order chi connectivity index (χ0) is 46.8. The average molecular weight is 1090 g/mol. The summed E-state index contributed by atoms with van der Waals surface area (Å²) in [6.07, 6.45) is 7.63. The smallest absolute Gasteiger partial charge is 1.00 e. The molecule has 0 bridgehead atoms. The van der Waals surface area contributed by atoms with Crippen molar-refractivity contribution in [2.75, 3.05) is 16.9 Å². The van der Waals surface area contributed by atoms with Gasteiger partial charge in [0.25, 0.3) is 23.3 Å². The number of aromatic nitrogens is 16. The Morgan fingerprint density at radius 1 is 0.698 bits per heavy atom. The van der Waals surface area contributed by atoms with Gasteiger partial charge in [-0.3, -0.25) is 10.2 Å². The van der Waals surface area contributed by atoms with Gasteiger partial charge in [-0.1, -0.05) is 34.8 Å². The number of aliphatic carboxylic acids is 1. The molecular formula is C29H31Cl5N21NaO6Sn. The van der Waals surface area contributed by atoms with Gasteiger partial charge < -0.3 is 31.8 Å². The molecule has 34 heteroatoms. The summed E-state index contributed by atoms with van der Waals surface area (Å²) < 4.78 is 4.21. The molecule has 9 N–H and O–H groups in total. The topological polar surface area (TPSA) is 398 Å². The number of anilines is 3. The van der Waals surface area contributed by atoms with E-state index in [0.29, 0.717) is 62.0 Å². The van der Waals surface area contributed by atoms with Crippen LogP contribution in [0.3, 0.4) is 0 Å². The summed E-state index contributed by atoms with van der Waals surface area (Å²) in [6.45, 7) is 6.36. The van der Waals surface area contributed by atoms with Crippen LogP contribution >= 0.6 is 52.6 Å². The number of aryl methyl sites for hydroxylation is 3. The molecule has 0 aliphatic heterocycles. The van der Waals surface area contributed by atoms with E-state index in [-0.39, 0.29) is 41.2 Å². The molecule has 0 amide bonds. The van der Waals surface area contributed by atoms with Crippen LogP contribution < -0.4 is 52.3 Å². The van der Waals surface area contributed by atoms with Crippen molar-refractivity contribution in [1.29, 1.82) is 0 Å². The Labute approximate surface area is 409 Å². The summed E-state index contributed by atoms with van der Waals surface area (Å²) in [5.41, 5.74) is 13.1. The van der Waals surface area contributed by atoms with Crippen LogP contribution in [0.2, 0.25) is 15.5 Å². The number of aromatic carboxylic acids is 1. The summed E-state index contributed by atoms with van der Waals surface area (Å²) in [5, 5.41) is 38.4. The van der Waals surface area contributed by atoms with E-state index in [1.54, 1.807) is 57.4 Å². The fourth-order valence-corrected chi connectivity index (χ4v) is 4.04. The van der Waals surface area contributed by atoms with Gasteiger partial charge in [0.05, 0.1) is 0 Å². The van der Waals surface area contributed by atoms with Gasteiger partial charge in [-0.2, -0.15) is 28.5 Å². The molecule has 8 aromatic heterocycles. The van der Waals surface area contributed by atoms with E-state index in [2.05, 4.69) is 70.6 Å². The number of hydrogen-bond donors (Lipinski definition) is 6. The van der Waals surface area contributed by atoms with Crippen molar-refractivity contribution in [3.63, 3.8) is 0 Å². The van der Waals surface area contributed by atoms with Gasteiger partial charge in [-0.15, -0.1) is 20.6 Å².